The van der Waals surface area contributed by atoms with E-state index in [-0.39, 0.29) is 5.60 Å². The maximum absolute atomic E-state index is 7.28. The lowest BCUT2D eigenvalue weighted by Gasteiger charge is -2.41. The molecule has 0 aromatic heterocycles. The molecule has 2 heterocycles. The summed E-state index contributed by atoms with van der Waals surface area (Å²) in [4.78, 5) is 0. The first-order valence-electron chi connectivity index (χ1n) is 31.5. The van der Waals surface area contributed by atoms with Crippen molar-refractivity contribution in [1.82, 2.24) is 0 Å². The standard InChI is InChI=1S/C43H52O3.C31H46O/c1-5-7-9-11-13-15-25-44-33-19-23-39-37(29-33)38-30-34(45-26-16-14-12-10-8-6-2)20-24-40(38)43(39)41-27-31(3)17-21-35(41)36-22-18-32(4)28-42(36)46-43;1-5-7-9-11-13-15-21-31(22-16-14-12-10-8-6-2)29-23-25(3)17-19-27(29)28-20-18-26(4)24-30(28)32-31/h17-24,27-30H,5-16,25-26H2,1-4H3;17-20,23-24H,5-16,21-22H2,1-4H3. The molecule has 0 saturated carbocycles. The van der Waals surface area contributed by atoms with Crippen LogP contribution in [0.5, 0.6) is 23.0 Å². The molecule has 6 aromatic rings. The maximum atomic E-state index is 7.28. The van der Waals surface area contributed by atoms with Crippen LogP contribution in [0, 0.1) is 27.7 Å². The van der Waals surface area contributed by atoms with Crippen LogP contribution in [0.25, 0.3) is 33.4 Å². The summed E-state index contributed by atoms with van der Waals surface area (Å²) in [5.74, 6) is 3.87. The van der Waals surface area contributed by atoms with E-state index in [0.29, 0.717) is 0 Å². The van der Waals surface area contributed by atoms with Crippen molar-refractivity contribution in [3.05, 3.63) is 154 Å². The molecule has 0 radical (unpaired) electrons. The van der Waals surface area contributed by atoms with Crippen LogP contribution in [0.3, 0.4) is 0 Å². The molecule has 0 atom stereocenters. The van der Waals surface area contributed by atoms with E-state index in [1.54, 1.807) is 0 Å². The van der Waals surface area contributed by atoms with E-state index in [1.165, 1.54) is 214 Å². The van der Waals surface area contributed by atoms with Crippen molar-refractivity contribution in [2.24, 2.45) is 0 Å². The average molecular weight is 1050 g/mol. The van der Waals surface area contributed by atoms with Gasteiger partial charge in [-0.2, -0.15) is 0 Å². The molecule has 9 rings (SSSR count). The van der Waals surface area contributed by atoms with Crippen LogP contribution in [-0.4, -0.2) is 13.2 Å². The minimum absolute atomic E-state index is 0.169. The van der Waals surface area contributed by atoms with E-state index in [2.05, 4.69) is 165 Å². The number of aryl methyl sites for hydroxylation is 4. The molecule has 0 N–H and O–H groups in total. The van der Waals surface area contributed by atoms with Gasteiger partial charge in [0.25, 0.3) is 0 Å². The predicted octanol–water partition coefficient (Wildman–Crippen LogP) is 22.2. The molecule has 2 aliphatic heterocycles. The zero-order valence-corrected chi connectivity index (χ0v) is 49.8. The van der Waals surface area contributed by atoms with Crippen molar-refractivity contribution in [1.29, 1.82) is 0 Å². The van der Waals surface area contributed by atoms with Crippen molar-refractivity contribution < 1.29 is 18.9 Å². The molecular weight excluding hydrogens is 953 g/mol. The molecule has 4 heteroatoms. The highest BCUT2D eigenvalue weighted by Gasteiger charge is 2.51. The number of hydrogen-bond acceptors (Lipinski definition) is 4. The zero-order chi connectivity index (χ0) is 54.7. The summed E-state index contributed by atoms with van der Waals surface area (Å²) < 4.78 is 27.1. The molecule has 0 bridgehead atoms. The van der Waals surface area contributed by atoms with Gasteiger partial charge in [0.15, 0.2) is 5.60 Å². The monoisotopic (exact) mass is 1050 g/mol. The number of benzene rings is 6. The molecule has 78 heavy (non-hydrogen) atoms. The van der Waals surface area contributed by atoms with Crippen molar-refractivity contribution in [3.8, 4) is 56.4 Å². The molecule has 0 unspecified atom stereocenters. The highest BCUT2D eigenvalue weighted by molar-refractivity contribution is 5.89. The van der Waals surface area contributed by atoms with Gasteiger partial charge in [-0.1, -0.05) is 240 Å². The molecule has 3 aliphatic rings. The normalized spacial score (nSPS) is 13.7. The number of rotatable bonds is 30. The molecule has 0 amide bonds. The molecule has 0 fully saturated rings. The molecule has 4 nitrogen and oxygen atoms in total. The van der Waals surface area contributed by atoms with Gasteiger partial charge in [0, 0.05) is 33.4 Å². The van der Waals surface area contributed by atoms with Crippen molar-refractivity contribution >= 4 is 0 Å². The predicted molar refractivity (Wildman–Crippen MR) is 331 cm³/mol. The summed E-state index contributed by atoms with van der Waals surface area (Å²) >= 11 is 0. The van der Waals surface area contributed by atoms with Gasteiger partial charge in [0.1, 0.15) is 28.6 Å². The van der Waals surface area contributed by atoms with Gasteiger partial charge in [0.2, 0.25) is 0 Å². The maximum Gasteiger partial charge on any atom is 0.186 e. The number of ether oxygens (including phenoxy) is 4. The molecule has 418 valence electrons. The van der Waals surface area contributed by atoms with E-state index in [0.717, 1.165) is 67.5 Å². The van der Waals surface area contributed by atoms with Gasteiger partial charge in [0.05, 0.1) is 13.2 Å². The smallest absolute Gasteiger partial charge is 0.186 e. The summed E-state index contributed by atoms with van der Waals surface area (Å²) in [5.41, 5.74) is 16.5. The van der Waals surface area contributed by atoms with Gasteiger partial charge in [-0.3, -0.25) is 0 Å². The third-order valence-electron chi connectivity index (χ3n) is 17.1. The second-order valence-electron chi connectivity index (χ2n) is 23.7. The Kier molecular flexibility index (Phi) is 21.9. The number of hydrogen-bond donors (Lipinski definition) is 0. The zero-order valence-electron chi connectivity index (χ0n) is 49.8. The molecular formula is C74H98O4. The third-order valence-corrected chi connectivity index (χ3v) is 17.1. The highest BCUT2D eigenvalue weighted by atomic mass is 16.5. The average Bonchev–Trinajstić information content (AvgIpc) is 3.95. The van der Waals surface area contributed by atoms with Crippen molar-refractivity contribution in [2.45, 2.75) is 234 Å². The van der Waals surface area contributed by atoms with E-state index < -0.39 is 5.60 Å². The molecule has 0 saturated heterocycles. The van der Waals surface area contributed by atoms with E-state index in [4.69, 9.17) is 18.9 Å². The fourth-order valence-corrected chi connectivity index (χ4v) is 12.7. The van der Waals surface area contributed by atoms with Crippen LogP contribution in [0.1, 0.15) is 239 Å². The van der Waals surface area contributed by atoms with Crippen LogP contribution in [0.15, 0.2) is 109 Å². The summed E-state index contributed by atoms with van der Waals surface area (Å²) in [6, 6.07) is 40.4. The van der Waals surface area contributed by atoms with Crippen LogP contribution >= 0.6 is 0 Å². The minimum Gasteiger partial charge on any atom is -0.494 e. The summed E-state index contributed by atoms with van der Waals surface area (Å²) in [6.45, 7) is 19.3. The van der Waals surface area contributed by atoms with E-state index in [1.807, 2.05) is 0 Å². The lowest BCUT2D eigenvalue weighted by molar-refractivity contribution is 0.0384. The Morgan fingerprint density at radius 1 is 0.308 bits per heavy atom. The van der Waals surface area contributed by atoms with Crippen LogP contribution < -0.4 is 18.9 Å². The fourth-order valence-electron chi connectivity index (χ4n) is 12.7. The van der Waals surface area contributed by atoms with Gasteiger partial charge >= 0.3 is 0 Å². The largest absolute Gasteiger partial charge is 0.494 e. The lowest BCUT2D eigenvalue weighted by atomic mass is 9.77. The topological polar surface area (TPSA) is 36.9 Å². The summed E-state index contributed by atoms with van der Waals surface area (Å²) in [7, 11) is 0. The van der Waals surface area contributed by atoms with Gasteiger partial charge in [-0.05, 0) is 136 Å². The lowest BCUT2D eigenvalue weighted by Crippen LogP contribution is -2.37. The SMILES string of the molecule is CCCCCCCCC1(CCCCCCCC)Oc2cc(C)ccc2-c2ccc(C)cc21.CCCCCCCCOc1ccc2c(c1)-c1cc(OCCCCCCCC)ccc1C21Oc2cc(C)ccc2-c2ccc(C)cc21. The Balaban J connectivity index is 0.000000220. The Labute approximate surface area is 473 Å². The van der Waals surface area contributed by atoms with Crippen molar-refractivity contribution in [3.63, 3.8) is 0 Å². The van der Waals surface area contributed by atoms with E-state index in [9.17, 15) is 0 Å². The second-order valence-corrected chi connectivity index (χ2v) is 23.7. The van der Waals surface area contributed by atoms with Gasteiger partial charge in [-0.15, -0.1) is 0 Å². The first-order valence-corrected chi connectivity index (χ1v) is 31.5. The van der Waals surface area contributed by atoms with E-state index >= 15 is 0 Å². The Morgan fingerprint density at radius 2 is 0.667 bits per heavy atom. The summed E-state index contributed by atoms with van der Waals surface area (Å²) in [6.07, 6.45) is 33.3. The second kappa shape index (κ2) is 29.1. The van der Waals surface area contributed by atoms with Crippen LogP contribution in [-0.2, 0) is 11.2 Å². The number of unbranched alkanes of at least 4 members (excludes halogenated alkanes) is 20. The van der Waals surface area contributed by atoms with Gasteiger partial charge < -0.3 is 18.9 Å². The number of fused-ring (bicyclic) bond motifs is 12. The summed E-state index contributed by atoms with van der Waals surface area (Å²) in [5, 5.41) is 0. The van der Waals surface area contributed by atoms with Crippen LogP contribution in [0.4, 0.5) is 0 Å². The molecule has 1 spiro atoms. The Bertz CT molecular complexity index is 2750. The fraction of sp³-hybridized carbons (Fsp3) is 0.514. The van der Waals surface area contributed by atoms with Crippen LogP contribution in [0.2, 0.25) is 0 Å². The minimum atomic E-state index is -0.748. The molecule has 1 aliphatic carbocycles. The Morgan fingerprint density at radius 3 is 1.12 bits per heavy atom. The van der Waals surface area contributed by atoms with Gasteiger partial charge in [-0.25, -0.2) is 0 Å². The first kappa shape index (κ1) is 58.7. The third kappa shape index (κ3) is 14.3. The Hall–Kier alpha value is -5.48. The van der Waals surface area contributed by atoms with Crippen molar-refractivity contribution in [2.75, 3.05) is 13.2 Å². The molecule has 6 aromatic carbocycles. The quantitative estimate of drug-likeness (QED) is 0.0421. The highest BCUT2D eigenvalue weighted by Crippen LogP contribution is 2.60. The first-order chi connectivity index (χ1) is 38.1.